The summed E-state index contributed by atoms with van der Waals surface area (Å²) in [5, 5.41) is 0.800. The lowest BCUT2D eigenvalue weighted by Crippen LogP contribution is -2.32. The van der Waals surface area contributed by atoms with E-state index in [1.54, 1.807) is 24.1 Å². The van der Waals surface area contributed by atoms with Crippen LogP contribution < -0.4 is 5.73 Å². The van der Waals surface area contributed by atoms with Crippen molar-refractivity contribution >= 4 is 17.2 Å². The lowest BCUT2D eigenvalue weighted by Gasteiger charge is -2.15. The Morgan fingerprint density at radius 2 is 2.05 bits per heavy atom. The van der Waals surface area contributed by atoms with Gasteiger partial charge in [0.05, 0.1) is 9.88 Å². The van der Waals surface area contributed by atoms with Gasteiger partial charge in [0.25, 0.3) is 5.91 Å². The number of nitrogens with two attached hydrogens (primary N) is 1. The molecule has 1 heterocycles. The summed E-state index contributed by atoms with van der Waals surface area (Å²) in [6.07, 6.45) is 0. The third-order valence-corrected chi connectivity index (χ3v) is 3.87. The largest absolute Gasteiger partial charge is 0.339 e. The summed E-state index contributed by atoms with van der Waals surface area (Å²) in [6, 6.07) is 6.06. The molecule has 4 nitrogen and oxygen atoms in total. The number of benzene rings is 1. The number of aryl methyl sites for hydroxylation is 1. The fraction of sp³-hybridized carbons (Fsp3) is 0.286. The molecule has 1 aromatic carbocycles. The van der Waals surface area contributed by atoms with Gasteiger partial charge < -0.3 is 10.6 Å². The van der Waals surface area contributed by atoms with Crippen LogP contribution in [0.2, 0.25) is 0 Å². The highest BCUT2D eigenvalue weighted by atomic mass is 32.1. The predicted molar refractivity (Wildman–Crippen MR) is 78.3 cm³/mol. The molecular weight excluding hydrogens is 277 g/mol. The number of amides is 1. The molecule has 0 fully saturated rings. The average molecular weight is 293 g/mol. The van der Waals surface area contributed by atoms with Crippen LogP contribution in [0.5, 0.6) is 0 Å². The number of hydrogen-bond donors (Lipinski definition) is 1. The number of rotatable bonds is 4. The minimum absolute atomic E-state index is 0.167. The zero-order valence-electron chi connectivity index (χ0n) is 11.4. The summed E-state index contributed by atoms with van der Waals surface area (Å²) in [4.78, 5) is 19.0. The van der Waals surface area contributed by atoms with E-state index in [2.05, 4.69) is 4.98 Å². The smallest absolute Gasteiger partial charge is 0.273 e. The number of carbonyl (C=O) groups is 1. The van der Waals surface area contributed by atoms with Crippen LogP contribution in [0.15, 0.2) is 24.3 Å². The number of nitrogens with zero attached hydrogens (tertiary/aromatic N) is 2. The maximum Gasteiger partial charge on any atom is 0.273 e. The van der Waals surface area contributed by atoms with E-state index in [1.807, 2.05) is 6.92 Å². The van der Waals surface area contributed by atoms with Crippen molar-refractivity contribution in [1.82, 2.24) is 9.88 Å². The van der Waals surface area contributed by atoms with Crippen molar-refractivity contribution in [2.24, 2.45) is 5.73 Å². The third kappa shape index (κ3) is 3.02. The van der Waals surface area contributed by atoms with Gasteiger partial charge in [-0.2, -0.15) is 0 Å². The number of aromatic nitrogens is 1. The van der Waals surface area contributed by atoms with Gasteiger partial charge in [0, 0.05) is 20.1 Å². The molecule has 1 aromatic heterocycles. The van der Waals surface area contributed by atoms with Gasteiger partial charge in [-0.15, -0.1) is 11.3 Å². The summed E-state index contributed by atoms with van der Waals surface area (Å²) in [5.74, 6) is -0.470. The molecule has 0 bridgehead atoms. The van der Waals surface area contributed by atoms with Gasteiger partial charge >= 0.3 is 0 Å². The summed E-state index contributed by atoms with van der Waals surface area (Å²) < 4.78 is 13.0. The third-order valence-electron chi connectivity index (χ3n) is 2.85. The van der Waals surface area contributed by atoms with Crippen molar-refractivity contribution in [2.45, 2.75) is 6.92 Å². The molecular formula is C14H16FN3OS. The summed E-state index contributed by atoms with van der Waals surface area (Å²) in [7, 11) is 1.69. The van der Waals surface area contributed by atoms with E-state index in [-0.39, 0.29) is 11.7 Å². The Labute approximate surface area is 121 Å². The maximum atomic E-state index is 13.0. The zero-order valence-corrected chi connectivity index (χ0v) is 12.2. The van der Waals surface area contributed by atoms with E-state index in [9.17, 15) is 9.18 Å². The number of thiazole rings is 1. The van der Waals surface area contributed by atoms with Crippen molar-refractivity contribution < 1.29 is 9.18 Å². The average Bonchev–Trinajstić information content (AvgIpc) is 2.81. The van der Waals surface area contributed by atoms with E-state index in [1.165, 1.54) is 23.5 Å². The van der Waals surface area contributed by atoms with Gasteiger partial charge in [-0.1, -0.05) is 12.1 Å². The first-order valence-corrected chi connectivity index (χ1v) is 7.03. The first-order valence-electron chi connectivity index (χ1n) is 6.22. The second kappa shape index (κ2) is 6.11. The van der Waals surface area contributed by atoms with E-state index in [4.69, 9.17) is 5.73 Å². The molecule has 2 N–H and O–H groups in total. The lowest BCUT2D eigenvalue weighted by atomic mass is 10.1. The molecule has 0 aliphatic rings. The van der Waals surface area contributed by atoms with Crippen molar-refractivity contribution in [3.63, 3.8) is 0 Å². The molecule has 1 amide bonds. The van der Waals surface area contributed by atoms with Crippen LogP contribution in [-0.2, 0) is 0 Å². The normalized spacial score (nSPS) is 10.6. The van der Waals surface area contributed by atoms with E-state index in [0.717, 1.165) is 15.4 Å². The molecule has 106 valence electrons. The fourth-order valence-corrected chi connectivity index (χ4v) is 2.76. The predicted octanol–water partition coefficient (Wildman–Crippen LogP) is 2.29. The Morgan fingerprint density at radius 1 is 1.40 bits per heavy atom. The van der Waals surface area contributed by atoms with E-state index >= 15 is 0 Å². The minimum atomic E-state index is -0.303. The Kier molecular flexibility index (Phi) is 4.46. The molecule has 2 aromatic rings. The Hall–Kier alpha value is -1.79. The van der Waals surface area contributed by atoms with Gasteiger partial charge in [0.2, 0.25) is 0 Å². The molecule has 0 saturated carbocycles. The highest BCUT2D eigenvalue weighted by Gasteiger charge is 2.21. The highest BCUT2D eigenvalue weighted by molar-refractivity contribution is 7.15. The SMILES string of the molecule is Cc1nc(C(=O)N(C)CCN)c(-c2ccc(F)cc2)s1. The topological polar surface area (TPSA) is 59.2 Å². The van der Waals surface area contributed by atoms with Gasteiger partial charge in [-0.25, -0.2) is 9.37 Å². The van der Waals surface area contributed by atoms with Crippen molar-refractivity contribution in [3.05, 3.63) is 40.8 Å². The Balaban J connectivity index is 2.40. The molecule has 0 unspecified atom stereocenters. The molecule has 2 rings (SSSR count). The van der Waals surface area contributed by atoms with Crippen molar-refractivity contribution in [1.29, 1.82) is 0 Å². The Morgan fingerprint density at radius 3 is 2.65 bits per heavy atom. The van der Waals surface area contributed by atoms with Gasteiger partial charge in [0.1, 0.15) is 11.5 Å². The Bertz CT molecular complexity index is 609. The first-order chi connectivity index (χ1) is 9.52. The maximum absolute atomic E-state index is 13.0. The van der Waals surface area contributed by atoms with E-state index in [0.29, 0.717) is 18.8 Å². The number of hydrogen-bond acceptors (Lipinski definition) is 4. The number of likely N-dealkylation sites (N-methyl/N-ethyl adjacent to an activating group) is 1. The highest BCUT2D eigenvalue weighted by Crippen LogP contribution is 2.30. The van der Waals surface area contributed by atoms with Gasteiger partial charge in [0.15, 0.2) is 0 Å². The lowest BCUT2D eigenvalue weighted by molar-refractivity contribution is 0.0794. The van der Waals surface area contributed by atoms with Crippen LogP contribution in [0, 0.1) is 12.7 Å². The second-order valence-corrected chi connectivity index (χ2v) is 5.64. The first kappa shape index (κ1) is 14.6. The van der Waals surface area contributed by atoms with Crippen LogP contribution in [0.4, 0.5) is 4.39 Å². The van der Waals surface area contributed by atoms with Gasteiger partial charge in [-0.3, -0.25) is 4.79 Å². The van der Waals surface area contributed by atoms with E-state index < -0.39 is 0 Å². The zero-order chi connectivity index (χ0) is 14.7. The monoisotopic (exact) mass is 293 g/mol. The summed E-state index contributed by atoms with van der Waals surface area (Å²) >= 11 is 1.42. The molecule has 0 aliphatic heterocycles. The van der Waals surface area contributed by atoms with Crippen LogP contribution in [0.3, 0.4) is 0 Å². The molecule has 0 saturated heterocycles. The van der Waals surface area contributed by atoms with Crippen LogP contribution in [-0.4, -0.2) is 35.9 Å². The second-order valence-electron chi connectivity index (χ2n) is 4.43. The fourth-order valence-electron chi connectivity index (χ4n) is 1.84. The molecule has 0 aliphatic carbocycles. The molecule has 0 atom stereocenters. The minimum Gasteiger partial charge on any atom is -0.339 e. The van der Waals surface area contributed by atoms with Crippen LogP contribution >= 0.6 is 11.3 Å². The van der Waals surface area contributed by atoms with Gasteiger partial charge in [-0.05, 0) is 24.6 Å². The quantitative estimate of drug-likeness (QED) is 0.941. The molecule has 0 spiro atoms. The number of carbonyl (C=O) groups excluding carboxylic acids is 1. The number of halogens is 1. The summed E-state index contributed by atoms with van der Waals surface area (Å²) in [6.45, 7) is 2.72. The van der Waals surface area contributed by atoms with Crippen molar-refractivity contribution in [2.75, 3.05) is 20.1 Å². The molecule has 0 radical (unpaired) electrons. The standard InChI is InChI=1S/C14H16FN3OS/c1-9-17-12(14(19)18(2)8-7-16)13(20-9)10-3-5-11(15)6-4-10/h3-6H,7-8,16H2,1-2H3. The summed E-state index contributed by atoms with van der Waals surface area (Å²) in [5.41, 5.74) is 6.65. The van der Waals surface area contributed by atoms with Crippen LogP contribution in [0.25, 0.3) is 10.4 Å². The van der Waals surface area contributed by atoms with Crippen molar-refractivity contribution in [3.8, 4) is 10.4 Å². The molecule has 6 heteroatoms. The van der Waals surface area contributed by atoms with Crippen LogP contribution in [0.1, 0.15) is 15.5 Å². The molecule has 20 heavy (non-hydrogen) atoms.